The molecule has 0 radical (unpaired) electrons. The maximum atomic E-state index is 12.2. The van der Waals surface area contributed by atoms with Gasteiger partial charge in [0.05, 0.1) is 23.9 Å². The lowest BCUT2D eigenvalue weighted by Crippen LogP contribution is -2.15. The Hall–Kier alpha value is -2.96. The third kappa shape index (κ3) is 4.17. The maximum Gasteiger partial charge on any atom is 0.293 e. The van der Waals surface area contributed by atoms with Crippen molar-refractivity contribution in [2.75, 3.05) is 10.6 Å². The van der Waals surface area contributed by atoms with Crippen LogP contribution in [0, 0.1) is 11.3 Å². The molecule has 26 heavy (non-hydrogen) atoms. The van der Waals surface area contributed by atoms with Gasteiger partial charge in [0.25, 0.3) is 5.91 Å². The quantitative estimate of drug-likeness (QED) is 0.672. The third-order valence-corrected chi connectivity index (χ3v) is 5.37. The van der Waals surface area contributed by atoms with Gasteiger partial charge in [-0.15, -0.1) is 22.7 Å². The average Bonchev–Trinajstić information content (AvgIpc) is 3.35. The lowest BCUT2D eigenvalue weighted by atomic mass is 10.2. The Bertz CT molecular complexity index is 967. The van der Waals surface area contributed by atoms with Crippen LogP contribution in [-0.4, -0.2) is 16.8 Å². The SMILES string of the molecule is CCc1cc(C#N)c(NC(=O)Cc2csc(NC(=O)c3ccco3)n2)s1. The summed E-state index contributed by atoms with van der Waals surface area (Å²) in [6.45, 7) is 1.99. The van der Waals surface area contributed by atoms with E-state index in [4.69, 9.17) is 9.68 Å². The van der Waals surface area contributed by atoms with E-state index in [1.54, 1.807) is 23.6 Å². The first-order chi connectivity index (χ1) is 12.6. The lowest BCUT2D eigenvalue weighted by Gasteiger charge is -2.01. The van der Waals surface area contributed by atoms with Crippen LogP contribution in [-0.2, 0) is 17.6 Å². The minimum atomic E-state index is -0.398. The summed E-state index contributed by atoms with van der Waals surface area (Å²) in [4.78, 5) is 29.4. The smallest absolute Gasteiger partial charge is 0.293 e. The topological polar surface area (TPSA) is 108 Å². The van der Waals surface area contributed by atoms with E-state index < -0.39 is 5.91 Å². The Morgan fingerprint density at radius 2 is 2.23 bits per heavy atom. The summed E-state index contributed by atoms with van der Waals surface area (Å²) >= 11 is 2.62. The highest BCUT2D eigenvalue weighted by Gasteiger charge is 2.15. The number of furan rings is 1. The fourth-order valence-electron chi connectivity index (χ4n) is 2.14. The van der Waals surface area contributed by atoms with Crippen molar-refractivity contribution in [3.63, 3.8) is 0 Å². The zero-order valence-corrected chi connectivity index (χ0v) is 15.4. The molecular formula is C17H14N4O3S2. The molecule has 0 aliphatic heterocycles. The van der Waals surface area contributed by atoms with E-state index in [0.717, 1.165) is 11.3 Å². The third-order valence-electron chi connectivity index (χ3n) is 3.36. The Morgan fingerprint density at radius 1 is 1.38 bits per heavy atom. The first kappa shape index (κ1) is 17.8. The second-order valence-electron chi connectivity index (χ2n) is 5.22. The standard InChI is InChI=1S/C17H14N4O3S2/c1-2-12-6-10(8-18)16(26-12)20-14(22)7-11-9-25-17(19-11)21-15(23)13-4-3-5-24-13/h3-6,9H,2,7H2,1H3,(H,20,22)(H,19,21,23). The van der Waals surface area contributed by atoms with Crippen LogP contribution in [0.2, 0.25) is 0 Å². The maximum absolute atomic E-state index is 12.2. The number of nitrogens with zero attached hydrogens (tertiary/aromatic N) is 2. The zero-order valence-electron chi connectivity index (χ0n) is 13.7. The lowest BCUT2D eigenvalue weighted by molar-refractivity contribution is -0.115. The van der Waals surface area contributed by atoms with Crippen LogP contribution in [0.15, 0.2) is 34.3 Å². The van der Waals surface area contributed by atoms with E-state index in [1.807, 2.05) is 6.92 Å². The molecule has 3 heterocycles. The van der Waals surface area contributed by atoms with Gasteiger partial charge in [-0.05, 0) is 24.6 Å². The summed E-state index contributed by atoms with van der Waals surface area (Å²) in [6, 6.07) is 7.04. The van der Waals surface area contributed by atoms with Gasteiger partial charge in [-0.25, -0.2) is 4.98 Å². The fourth-order valence-corrected chi connectivity index (χ4v) is 3.81. The number of aromatic nitrogens is 1. The molecule has 0 saturated heterocycles. The van der Waals surface area contributed by atoms with Crippen LogP contribution in [0.3, 0.4) is 0 Å². The van der Waals surface area contributed by atoms with Crippen molar-refractivity contribution in [1.82, 2.24) is 4.98 Å². The summed E-state index contributed by atoms with van der Waals surface area (Å²) in [6.07, 6.45) is 2.27. The zero-order chi connectivity index (χ0) is 18.5. The minimum Gasteiger partial charge on any atom is -0.459 e. The van der Waals surface area contributed by atoms with E-state index in [-0.39, 0.29) is 18.1 Å². The number of nitriles is 1. The first-order valence-corrected chi connectivity index (χ1v) is 9.40. The van der Waals surface area contributed by atoms with Crippen molar-refractivity contribution in [2.45, 2.75) is 19.8 Å². The van der Waals surface area contributed by atoms with Crippen molar-refractivity contribution < 1.29 is 14.0 Å². The molecule has 0 unspecified atom stereocenters. The molecule has 3 aromatic heterocycles. The molecule has 9 heteroatoms. The van der Waals surface area contributed by atoms with E-state index in [9.17, 15) is 9.59 Å². The van der Waals surface area contributed by atoms with Crippen LogP contribution in [0.1, 0.15) is 33.6 Å². The van der Waals surface area contributed by atoms with Gasteiger partial charge in [0.1, 0.15) is 11.1 Å². The summed E-state index contributed by atoms with van der Waals surface area (Å²) in [7, 11) is 0. The number of nitrogens with one attached hydrogen (secondary N) is 2. The number of anilines is 2. The minimum absolute atomic E-state index is 0.0529. The molecule has 132 valence electrons. The number of aryl methyl sites for hydroxylation is 1. The summed E-state index contributed by atoms with van der Waals surface area (Å²) in [5.41, 5.74) is 0.998. The monoisotopic (exact) mass is 386 g/mol. The van der Waals surface area contributed by atoms with Gasteiger partial charge in [0.2, 0.25) is 5.91 Å². The Morgan fingerprint density at radius 3 is 2.92 bits per heavy atom. The van der Waals surface area contributed by atoms with Gasteiger partial charge in [-0.3, -0.25) is 14.9 Å². The molecule has 2 N–H and O–H groups in total. The number of rotatable bonds is 6. The van der Waals surface area contributed by atoms with Crippen molar-refractivity contribution in [3.8, 4) is 6.07 Å². The molecule has 0 aliphatic carbocycles. The number of hydrogen-bond donors (Lipinski definition) is 2. The molecule has 3 rings (SSSR count). The predicted molar refractivity (Wildman–Crippen MR) is 99.5 cm³/mol. The van der Waals surface area contributed by atoms with Crippen LogP contribution in [0.5, 0.6) is 0 Å². The largest absolute Gasteiger partial charge is 0.459 e. The van der Waals surface area contributed by atoms with Crippen LogP contribution in [0.4, 0.5) is 10.1 Å². The molecule has 0 aliphatic rings. The summed E-state index contributed by atoms with van der Waals surface area (Å²) in [5, 5.41) is 17.2. The van der Waals surface area contributed by atoms with Crippen LogP contribution >= 0.6 is 22.7 Å². The summed E-state index contributed by atoms with van der Waals surface area (Å²) in [5.74, 6) is -0.474. The van der Waals surface area contributed by atoms with Gasteiger partial charge in [-0.1, -0.05) is 6.92 Å². The molecule has 0 bridgehead atoms. The fraction of sp³-hybridized carbons (Fsp3) is 0.176. The van der Waals surface area contributed by atoms with Crippen molar-refractivity contribution in [2.24, 2.45) is 0 Å². The van der Waals surface area contributed by atoms with Gasteiger partial charge in [0.15, 0.2) is 10.9 Å². The molecule has 0 spiro atoms. The highest BCUT2D eigenvalue weighted by molar-refractivity contribution is 7.16. The van der Waals surface area contributed by atoms with Crippen molar-refractivity contribution >= 4 is 44.6 Å². The van der Waals surface area contributed by atoms with E-state index >= 15 is 0 Å². The molecular weight excluding hydrogens is 372 g/mol. The molecule has 7 nitrogen and oxygen atoms in total. The van der Waals surface area contributed by atoms with E-state index in [1.165, 1.54) is 28.9 Å². The van der Waals surface area contributed by atoms with E-state index in [2.05, 4.69) is 21.7 Å². The number of thiophene rings is 1. The second kappa shape index (κ2) is 7.95. The summed E-state index contributed by atoms with van der Waals surface area (Å²) < 4.78 is 5.01. The molecule has 0 atom stereocenters. The second-order valence-corrected chi connectivity index (χ2v) is 7.22. The molecule has 0 saturated carbocycles. The number of carbonyl (C=O) groups excluding carboxylic acids is 2. The van der Waals surface area contributed by atoms with Crippen molar-refractivity contribution in [1.29, 1.82) is 5.26 Å². The van der Waals surface area contributed by atoms with Gasteiger partial charge in [-0.2, -0.15) is 5.26 Å². The first-order valence-electron chi connectivity index (χ1n) is 7.71. The average molecular weight is 386 g/mol. The Labute approximate surface area is 157 Å². The molecule has 2 amide bonds. The molecule has 0 aromatic carbocycles. The van der Waals surface area contributed by atoms with Crippen molar-refractivity contribution in [3.05, 3.63) is 51.7 Å². The van der Waals surface area contributed by atoms with Gasteiger partial charge >= 0.3 is 0 Å². The highest BCUT2D eigenvalue weighted by Crippen LogP contribution is 2.28. The predicted octanol–water partition coefficient (Wildman–Crippen LogP) is 3.67. The van der Waals surface area contributed by atoms with Gasteiger partial charge < -0.3 is 9.73 Å². The van der Waals surface area contributed by atoms with E-state index in [0.29, 0.717) is 21.4 Å². The number of amides is 2. The number of hydrogen-bond acceptors (Lipinski definition) is 7. The number of thiazole rings is 1. The molecule has 0 fully saturated rings. The Kier molecular flexibility index (Phi) is 5.46. The van der Waals surface area contributed by atoms with Gasteiger partial charge in [0, 0.05) is 10.3 Å². The van der Waals surface area contributed by atoms with Crippen LogP contribution in [0.25, 0.3) is 0 Å². The highest BCUT2D eigenvalue weighted by atomic mass is 32.1. The Balaban J connectivity index is 1.60. The normalized spacial score (nSPS) is 10.3. The molecule has 3 aromatic rings. The van der Waals surface area contributed by atoms with Crippen LogP contribution < -0.4 is 10.6 Å². The number of carbonyl (C=O) groups is 2.